The van der Waals surface area contributed by atoms with Crippen LogP contribution in [-0.2, 0) is 0 Å². The normalized spacial score (nSPS) is 16.0. The molecule has 0 radical (unpaired) electrons. The lowest BCUT2D eigenvalue weighted by Gasteiger charge is -2.37. The largest absolute Gasteiger partial charge is 0.366 e. The van der Waals surface area contributed by atoms with Crippen LogP contribution in [0.5, 0.6) is 0 Å². The molecule has 0 aliphatic carbocycles. The summed E-state index contributed by atoms with van der Waals surface area (Å²) in [7, 11) is 0. The monoisotopic (exact) mass is 324 g/mol. The molecule has 1 aliphatic rings. The van der Waals surface area contributed by atoms with Gasteiger partial charge in [-0.05, 0) is 25.3 Å². The summed E-state index contributed by atoms with van der Waals surface area (Å²) in [6.45, 7) is 7.13. The summed E-state index contributed by atoms with van der Waals surface area (Å²) in [5.74, 6) is 1.87. The lowest BCUT2D eigenvalue weighted by Crippen LogP contribution is -2.52. The van der Waals surface area contributed by atoms with Gasteiger partial charge in [-0.25, -0.2) is 4.39 Å². The molecule has 1 fully saturated rings. The lowest BCUT2D eigenvalue weighted by atomic mass is 10.2. The molecule has 0 bridgehead atoms. The number of anilines is 1. The SMILES string of the molecule is CCNC(=NCCSC)N1CCN(c2ccccc2F)CC1. The molecule has 6 heteroatoms. The van der Waals surface area contributed by atoms with E-state index in [1.165, 1.54) is 6.07 Å². The van der Waals surface area contributed by atoms with E-state index < -0.39 is 0 Å². The van der Waals surface area contributed by atoms with E-state index in [9.17, 15) is 4.39 Å². The summed E-state index contributed by atoms with van der Waals surface area (Å²) in [6, 6.07) is 6.99. The van der Waals surface area contributed by atoms with Crippen LogP contribution in [0.2, 0.25) is 0 Å². The first-order valence-corrected chi connectivity index (χ1v) is 9.17. The number of para-hydroxylation sites is 1. The van der Waals surface area contributed by atoms with Gasteiger partial charge >= 0.3 is 0 Å². The minimum atomic E-state index is -0.142. The van der Waals surface area contributed by atoms with Gasteiger partial charge in [0.15, 0.2) is 5.96 Å². The van der Waals surface area contributed by atoms with Crippen molar-refractivity contribution in [3.8, 4) is 0 Å². The first-order valence-electron chi connectivity index (χ1n) is 7.78. The predicted molar refractivity (Wildman–Crippen MR) is 94.5 cm³/mol. The Hall–Kier alpha value is -1.43. The summed E-state index contributed by atoms with van der Waals surface area (Å²) in [5.41, 5.74) is 0.700. The highest BCUT2D eigenvalue weighted by atomic mass is 32.2. The number of hydrogen-bond donors (Lipinski definition) is 1. The molecule has 22 heavy (non-hydrogen) atoms. The molecule has 0 spiro atoms. The van der Waals surface area contributed by atoms with Crippen molar-refractivity contribution in [2.75, 3.05) is 56.2 Å². The van der Waals surface area contributed by atoms with Crippen molar-refractivity contribution < 1.29 is 4.39 Å². The highest BCUT2D eigenvalue weighted by Gasteiger charge is 2.21. The fourth-order valence-electron chi connectivity index (χ4n) is 2.54. The van der Waals surface area contributed by atoms with Crippen molar-refractivity contribution in [2.24, 2.45) is 4.99 Å². The molecule has 122 valence electrons. The highest BCUT2D eigenvalue weighted by molar-refractivity contribution is 7.98. The molecular weight excluding hydrogens is 299 g/mol. The second-order valence-corrected chi connectivity index (χ2v) is 6.14. The maximum absolute atomic E-state index is 13.9. The van der Waals surface area contributed by atoms with Crippen LogP contribution < -0.4 is 10.2 Å². The molecule has 1 aromatic carbocycles. The van der Waals surface area contributed by atoms with Crippen LogP contribution >= 0.6 is 11.8 Å². The second kappa shape index (κ2) is 8.88. The van der Waals surface area contributed by atoms with E-state index in [0.29, 0.717) is 5.69 Å². The van der Waals surface area contributed by atoms with Gasteiger partial charge in [0.1, 0.15) is 5.82 Å². The van der Waals surface area contributed by atoms with E-state index in [-0.39, 0.29) is 5.82 Å². The molecule has 1 aromatic rings. The van der Waals surface area contributed by atoms with E-state index in [0.717, 1.165) is 51.0 Å². The Morgan fingerprint density at radius 3 is 2.64 bits per heavy atom. The molecule has 2 rings (SSSR count). The van der Waals surface area contributed by atoms with Gasteiger partial charge in [0.2, 0.25) is 0 Å². The fraction of sp³-hybridized carbons (Fsp3) is 0.562. The van der Waals surface area contributed by atoms with E-state index in [4.69, 9.17) is 0 Å². The van der Waals surface area contributed by atoms with E-state index in [1.807, 2.05) is 12.1 Å². The zero-order chi connectivity index (χ0) is 15.8. The molecule has 1 aliphatic heterocycles. The average Bonchev–Trinajstić information content (AvgIpc) is 2.55. The Morgan fingerprint density at radius 2 is 2.00 bits per heavy atom. The molecule has 0 atom stereocenters. The third-order valence-electron chi connectivity index (χ3n) is 3.66. The quantitative estimate of drug-likeness (QED) is 0.511. The highest BCUT2D eigenvalue weighted by Crippen LogP contribution is 2.20. The Morgan fingerprint density at radius 1 is 1.27 bits per heavy atom. The molecule has 0 unspecified atom stereocenters. The Kier molecular flexibility index (Phi) is 6.83. The minimum Gasteiger partial charge on any atom is -0.366 e. The van der Waals surface area contributed by atoms with Gasteiger partial charge in [-0.1, -0.05) is 12.1 Å². The Bertz CT molecular complexity index is 487. The van der Waals surface area contributed by atoms with Gasteiger partial charge in [0, 0.05) is 38.5 Å². The van der Waals surface area contributed by atoms with Crippen molar-refractivity contribution in [3.63, 3.8) is 0 Å². The molecular formula is C16H25FN4S. The predicted octanol–water partition coefficient (Wildman–Crippen LogP) is 2.28. The summed E-state index contributed by atoms with van der Waals surface area (Å²) in [6.07, 6.45) is 2.09. The number of halogens is 1. The van der Waals surface area contributed by atoms with E-state index >= 15 is 0 Å². The van der Waals surface area contributed by atoms with Crippen LogP contribution in [0.25, 0.3) is 0 Å². The van der Waals surface area contributed by atoms with Gasteiger partial charge in [0.25, 0.3) is 0 Å². The van der Waals surface area contributed by atoms with Crippen LogP contribution in [0.4, 0.5) is 10.1 Å². The number of benzene rings is 1. The number of aliphatic imine (C=N–C) groups is 1. The number of nitrogens with one attached hydrogen (secondary N) is 1. The Labute approximate surface area is 136 Å². The third kappa shape index (κ3) is 4.53. The smallest absolute Gasteiger partial charge is 0.194 e. The topological polar surface area (TPSA) is 30.9 Å². The van der Waals surface area contributed by atoms with Crippen LogP contribution in [0.1, 0.15) is 6.92 Å². The van der Waals surface area contributed by atoms with Crippen LogP contribution in [0.3, 0.4) is 0 Å². The standard InChI is InChI=1S/C16H25FN4S/c1-3-18-16(19-8-13-22-2)21-11-9-20(10-12-21)15-7-5-4-6-14(15)17/h4-7H,3,8-13H2,1-2H3,(H,18,19). The van der Waals surface area contributed by atoms with Crippen molar-refractivity contribution in [1.29, 1.82) is 0 Å². The summed E-state index contributed by atoms with van der Waals surface area (Å²) in [5, 5.41) is 3.35. The number of hydrogen-bond acceptors (Lipinski definition) is 3. The third-order valence-corrected chi connectivity index (χ3v) is 4.26. The van der Waals surface area contributed by atoms with Crippen molar-refractivity contribution >= 4 is 23.4 Å². The van der Waals surface area contributed by atoms with Gasteiger partial charge in [0.05, 0.1) is 12.2 Å². The first kappa shape index (κ1) is 16.9. The van der Waals surface area contributed by atoms with Crippen molar-refractivity contribution in [1.82, 2.24) is 10.2 Å². The molecule has 1 N–H and O–H groups in total. The number of guanidine groups is 1. The van der Waals surface area contributed by atoms with Gasteiger partial charge < -0.3 is 15.1 Å². The van der Waals surface area contributed by atoms with Crippen LogP contribution in [0, 0.1) is 5.82 Å². The van der Waals surface area contributed by atoms with Gasteiger partial charge in [-0.3, -0.25) is 4.99 Å². The first-order chi connectivity index (χ1) is 10.8. The molecule has 0 amide bonds. The zero-order valence-corrected chi connectivity index (χ0v) is 14.2. The summed E-state index contributed by atoms with van der Waals surface area (Å²) in [4.78, 5) is 9.03. The lowest BCUT2D eigenvalue weighted by molar-refractivity contribution is 0.371. The van der Waals surface area contributed by atoms with Crippen LogP contribution in [-0.4, -0.2) is 62.1 Å². The Balaban J connectivity index is 1.95. The van der Waals surface area contributed by atoms with Crippen LogP contribution in [0.15, 0.2) is 29.3 Å². The molecule has 4 nitrogen and oxygen atoms in total. The molecule has 1 heterocycles. The zero-order valence-electron chi connectivity index (χ0n) is 13.4. The van der Waals surface area contributed by atoms with Crippen molar-refractivity contribution in [3.05, 3.63) is 30.1 Å². The van der Waals surface area contributed by atoms with Crippen molar-refractivity contribution in [2.45, 2.75) is 6.92 Å². The second-order valence-electron chi connectivity index (χ2n) is 5.15. The van der Waals surface area contributed by atoms with Gasteiger partial charge in [-0.15, -0.1) is 0 Å². The maximum atomic E-state index is 13.9. The summed E-state index contributed by atoms with van der Waals surface area (Å²) < 4.78 is 13.9. The summed E-state index contributed by atoms with van der Waals surface area (Å²) >= 11 is 1.80. The number of piperazine rings is 1. The molecule has 0 aromatic heterocycles. The average molecular weight is 324 g/mol. The fourth-order valence-corrected chi connectivity index (χ4v) is 2.81. The maximum Gasteiger partial charge on any atom is 0.194 e. The molecule has 0 saturated carbocycles. The van der Waals surface area contributed by atoms with E-state index in [2.05, 4.69) is 33.3 Å². The minimum absolute atomic E-state index is 0.142. The number of thioether (sulfide) groups is 1. The van der Waals surface area contributed by atoms with E-state index in [1.54, 1.807) is 17.8 Å². The van der Waals surface area contributed by atoms with Gasteiger partial charge in [-0.2, -0.15) is 11.8 Å². The number of nitrogens with zero attached hydrogens (tertiary/aromatic N) is 3. The molecule has 1 saturated heterocycles. The number of rotatable bonds is 5.